The number of hydrogen-bond donors (Lipinski definition) is 3. The molecule has 8 rings (SSSR count). The van der Waals surface area contributed by atoms with E-state index in [0.29, 0.717) is 5.69 Å². The van der Waals surface area contributed by atoms with Gasteiger partial charge in [0.05, 0.1) is 0 Å². The summed E-state index contributed by atoms with van der Waals surface area (Å²) in [7, 11) is 0. The zero-order chi connectivity index (χ0) is 35.1. The van der Waals surface area contributed by atoms with E-state index in [1.807, 2.05) is 30.6 Å². The molecule has 0 spiro atoms. The summed E-state index contributed by atoms with van der Waals surface area (Å²) in [6, 6.07) is 42.7. The third kappa shape index (κ3) is 8.21. The second-order valence-electron chi connectivity index (χ2n) is 12.6. The molecule has 2 atom stereocenters. The number of fused-ring (bicyclic) bond motifs is 6. The first-order valence-corrected chi connectivity index (χ1v) is 19.9. The van der Waals surface area contributed by atoms with Crippen LogP contribution in [-0.4, -0.2) is 34.4 Å². The Balaban J connectivity index is 0.000000146. The molecule has 0 aliphatic heterocycles. The molecule has 3 N–H and O–H groups in total. The van der Waals surface area contributed by atoms with Gasteiger partial charge in [-0.15, -0.1) is 0 Å². The van der Waals surface area contributed by atoms with Crippen LogP contribution in [0.15, 0.2) is 140 Å². The molecule has 1 aliphatic rings. The number of amides is 1. The average molecular weight is 727 g/mol. The van der Waals surface area contributed by atoms with Gasteiger partial charge in [0, 0.05) is 12.4 Å². The van der Waals surface area contributed by atoms with E-state index in [-0.39, 0.29) is 10.3 Å². The molecule has 7 nitrogen and oxygen atoms in total. The Bertz CT molecular complexity index is 2260. The fraction of sp³-hybridized carbons (Fsp3) is 0.143. The van der Waals surface area contributed by atoms with E-state index in [1.165, 1.54) is 87.8 Å². The molecule has 0 fully saturated rings. The molecule has 6 aromatic carbocycles. The summed E-state index contributed by atoms with van der Waals surface area (Å²) in [5, 5.41) is 18.7. The SMILES string of the molecule is CC(=O)Nc1cccc([As](=O)(O)OO)c1.CC1CCc2c(ccc3c2ccc2cc(-c4ccccc4)ccc23)C1.c1ccc2cnccc2c1. The average Bonchev–Trinajstić information content (AvgIpc) is 3.15. The molecule has 50 heavy (non-hydrogen) atoms. The fourth-order valence-corrected chi connectivity index (χ4v) is 7.86. The maximum atomic E-state index is 11.3. The van der Waals surface area contributed by atoms with Crippen LogP contribution in [0.4, 0.5) is 5.69 Å². The summed E-state index contributed by atoms with van der Waals surface area (Å²) in [6.45, 7) is 3.69. The molecule has 2 unspecified atom stereocenters. The Hall–Kier alpha value is -5.04. The Kier molecular flexibility index (Phi) is 10.9. The molecular formula is C42H39AsN2O5. The van der Waals surface area contributed by atoms with Crippen LogP contribution in [0.25, 0.3) is 43.4 Å². The van der Waals surface area contributed by atoms with E-state index in [1.54, 1.807) is 17.2 Å². The number of carbonyl (C=O) groups excluding carboxylic acids is 1. The topological polar surface area (TPSA) is 109 Å². The minimum Gasteiger partial charge on any atom is -0.264 e. The zero-order valence-electron chi connectivity index (χ0n) is 28.0. The van der Waals surface area contributed by atoms with Crippen molar-refractivity contribution in [2.45, 2.75) is 33.1 Å². The van der Waals surface area contributed by atoms with Crippen LogP contribution in [0.3, 0.4) is 0 Å². The fourth-order valence-electron chi connectivity index (χ4n) is 6.46. The molecule has 1 heterocycles. The standard InChI is InChI=1S/C25H22.C9H7N.C8H10AsNO5/c1-17-7-11-22-20(15-17)9-13-25-23-12-8-19(18-5-3-2-4-6-18)16-21(23)10-14-24(22)25;1-2-4-9-7-10-6-5-8(9)3-1;1-6(11)10-8-4-2-3-7(5-8)9(12,13)15-14/h2-6,8-10,12-14,16-17H,7,11,15H2,1H3;1-7H;2-5,14H,1H3,(H,10,11)(H,12,13). The molecular weight excluding hydrogens is 687 g/mol. The van der Waals surface area contributed by atoms with Crippen LogP contribution in [0, 0.1) is 5.92 Å². The number of aromatic nitrogens is 1. The van der Waals surface area contributed by atoms with Gasteiger partial charge in [0.15, 0.2) is 0 Å². The number of aryl methyl sites for hydroxylation is 1. The van der Waals surface area contributed by atoms with Crippen LogP contribution >= 0.6 is 0 Å². The van der Waals surface area contributed by atoms with Crippen LogP contribution in [0.2, 0.25) is 0 Å². The molecule has 1 aliphatic carbocycles. The molecule has 7 aromatic rings. The van der Waals surface area contributed by atoms with Gasteiger partial charge in [-0.3, -0.25) is 4.98 Å². The number of anilines is 1. The van der Waals surface area contributed by atoms with E-state index in [2.05, 4.69) is 106 Å². The van der Waals surface area contributed by atoms with Crippen molar-refractivity contribution in [2.75, 3.05) is 5.32 Å². The van der Waals surface area contributed by atoms with Gasteiger partial charge < -0.3 is 0 Å². The summed E-state index contributed by atoms with van der Waals surface area (Å²) in [5.41, 5.74) is 6.09. The van der Waals surface area contributed by atoms with Crippen molar-refractivity contribution >= 4 is 62.4 Å². The largest absolute Gasteiger partial charge is 0.264 e. The van der Waals surface area contributed by atoms with Gasteiger partial charge >= 0.3 is 88.4 Å². The van der Waals surface area contributed by atoms with Crippen molar-refractivity contribution in [1.82, 2.24) is 4.98 Å². The minimum atomic E-state index is -4.83. The van der Waals surface area contributed by atoms with Crippen LogP contribution < -0.4 is 9.67 Å². The molecule has 0 radical (unpaired) electrons. The third-order valence-corrected chi connectivity index (χ3v) is 11.4. The molecule has 1 aromatic heterocycles. The Morgan fingerprint density at radius 1 is 0.780 bits per heavy atom. The second-order valence-corrected chi connectivity index (χ2v) is 16.2. The Morgan fingerprint density at radius 2 is 1.52 bits per heavy atom. The quantitative estimate of drug-likeness (QED) is 0.0725. The van der Waals surface area contributed by atoms with Crippen molar-refractivity contribution in [2.24, 2.45) is 5.92 Å². The van der Waals surface area contributed by atoms with Gasteiger partial charge in [-0.1, -0.05) is 97.9 Å². The molecule has 0 saturated carbocycles. The first-order valence-electron chi connectivity index (χ1n) is 16.6. The first kappa shape index (κ1) is 34.8. The monoisotopic (exact) mass is 726 g/mol. The first-order chi connectivity index (χ1) is 24.2. The van der Waals surface area contributed by atoms with E-state index in [9.17, 15) is 12.6 Å². The third-order valence-electron chi connectivity index (χ3n) is 8.94. The number of benzene rings is 6. The minimum absolute atomic E-state index is 0.0399. The second kappa shape index (κ2) is 15.7. The predicted octanol–water partition coefficient (Wildman–Crippen LogP) is 8.72. The number of rotatable bonds is 4. The van der Waals surface area contributed by atoms with Crippen molar-refractivity contribution in [3.63, 3.8) is 0 Å². The summed E-state index contributed by atoms with van der Waals surface area (Å²) >= 11 is -4.83. The van der Waals surface area contributed by atoms with E-state index < -0.39 is 14.2 Å². The van der Waals surface area contributed by atoms with Crippen molar-refractivity contribution in [3.8, 4) is 11.1 Å². The maximum absolute atomic E-state index is 11.3. The molecule has 0 bridgehead atoms. The number of carbonyl (C=O) groups is 1. The van der Waals surface area contributed by atoms with Crippen molar-refractivity contribution in [1.29, 1.82) is 0 Å². The van der Waals surface area contributed by atoms with Gasteiger partial charge in [-0.2, -0.15) is 0 Å². The van der Waals surface area contributed by atoms with E-state index in [0.717, 1.165) is 5.92 Å². The maximum Gasteiger partial charge on any atom is 0.0346 e. The molecule has 1 amide bonds. The summed E-state index contributed by atoms with van der Waals surface area (Å²) in [4.78, 5) is 14.7. The van der Waals surface area contributed by atoms with Crippen LogP contribution in [-0.2, 0) is 25.3 Å². The Morgan fingerprint density at radius 3 is 2.28 bits per heavy atom. The molecule has 8 heteroatoms. The number of nitrogens with zero attached hydrogens (tertiary/aromatic N) is 1. The van der Waals surface area contributed by atoms with Crippen LogP contribution in [0.5, 0.6) is 0 Å². The van der Waals surface area contributed by atoms with E-state index >= 15 is 0 Å². The number of nitrogens with one attached hydrogen (secondary N) is 1. The van der Waals surface area contributed by atoms with Crippen molar-refractivity contribution < 1.29 is 21.8 Å². The summed E-state index contributed by atoms with van der Waals surface area (Å²) in [6.07, 6.45) is 7.45. The Labute approximate surface area is 294 Å². The van der Waals surface area contributed by atoms with E-state index in [4.69, 9.17) is 5.26 Å². The van der Waals surface area contributed by atoms with Gasteiger partial charge in [0.2, 0.25) is 0 Å². The van der Waals surface area contributed by atoms with Gasteiger partial charge in [-0.05, 0) is 91.9 Å². The summed E-state index contributed by atoms with van der Waals surface area (Å²) < 4.78 is 23.9. The smallest absolute Gasteiger partial charge is 0.0346 e. The van der Waals surface area contributed by atoms with Gasteiger partial charge in [-0.25, -0.2) is 0 Å². The van der Waals surface area contributed by atoms with Gasteiger partial charge in [0.25, 0.3) is 0 Å². The van der Waals surface area contributed by atoms with Crippen LogP contribution in [0.1, 0.15) is 31.4 Å². The number of pyridine rings is 1. The van der Waals surface area contributed by atoms with Gasteiger partial charge in [0.1, 0.15) is 0 Å². The summed E-state index contributed by atoms with van der Waals surface area (Å²) in [5.74, 6) is 0.524. The zero-order valence-corrected chi connectivity index (χ0v) is 29.9. The molecule has 252 valence electrons. The molecule has 0 saturated heterocycles. The number of hydrogen-bond acceptors (Lipinski definition) is 5. The van der Waals surface area contributed by atoms with Crippen molar-refractivity contribution in [3.05, 3.63) is 151 Å². The predicted molar refractivity (Wildman–Crippen MR) is 203 cm³/mol. The normalized spacial score (nSPS) is 14.8.